The van der Waals surface area contributed by atoms with E-state index in [9.17, 15) is 0 Å². The molecule has 344 valence electrons. The molecule has 0 fully saturated rings. The number of rotatable bonds is 6. The van der Waals surface area contributed by atoms with Crippen LogP contribution in [-0.4, -0.2) is 21.8 Å². The van der Waals surface area contributed by atoms with Crippen LogP contribution < -0.4 is 0 Å². The van der Waals surface area contributed by atoms with E-state index < -0.39 is 16.4 Å². The normalized spacial score (nSPS) is 16.2. The van der Waals surface area contributed by atoms with Gasteiger partial charge < -0.3 is 9.80 Å². The Bertz CT molecular complexity index is 3470. The van der Waals surface area contributed by atoms with Crippen LogP contribution in [0.1, 0.15) is 102 Å². The van der Waals surface area contributed by atoms with Crippen LogP contribution in [0.5, 0.6) is 0 Å². The molecule has 0 spiro atoms. The predicted molar refractivity (Wildman–Crippen MR) is 279 cm³/mol. The van der Waals surface area contributed by atoms with Crippen LogP contribution in [0.2, 0.25) is 0 Å². The van der Waals surface area contributed by atoms with E-state index >= 15 is 0 Å². The molecule has 0 saturated heterocycles. The van der Waals surface area contributed by atoms with Crippen molar-refractivity contribution in [2.75, 3.05) is 7.05 Å². The Balaban J connectivity index is 0.00000505. The molecule has 2 heterocycles. The maximum atomic E-state index is 5.37. The third-order valence-corrected chi connectivity index (χ3v) is 16.1. The summed E-state index contributed by atoms with van der Waals surface area (Å²) in [6.45, 7) is 13.6. The van der Waals surface area contributed by atoms with Crippen molar-refractivity contribution in [1.82, 2.24) is 14.8 Å². The minimum absolute atomic E-state index is 0. The predicted octanol–water partition coefficient (Wildman–Crippen LogP) is 14.6. The Labute approximate surface area is 427 Å². The summed E-state index contributed by atoms with van der Waals surface area (Å²) < 4.78 is 0. The van der Waals surface area contributed by atoms with Gasteiger partial charge in [-0.15, -0.1) is 22.3 Å². The fourth-order valence-corrected chi connectivity index (χ4v) is 12.8. The smallest absolute Gasteiger partial charge is 0.0688 e. The summed E-state index contributed by atoms with van der Waals surface area (Å²) >= 11 is 0. The molecule has 3 nitrogen and oxygen atoms in total. The number of hydrogen-bond donors (Lipinski definition) is 0. The topological polar surface area (TPSA) is 19.4 Å². The molecule has 4 heteroatoms. The van der Waals surface area contributed by atoms with Gasteiger partial charge in [-0.1, -0.05) is 166 Å². The summed E-state index contributed by atoms with van der Waals surface area (Å²) in [5, 5.41) is 0. The second-order valence-electron chi connectivity index (χ2n) is 20.4. The number of allylic oxidation sites excluding steroid dienone is 2. The van der Waals surface area contributed by atoms with Gasteiger partial charge in [-0.3, -0.25) is 4.98 Å². The third kappa shape index (κ3) is 5.76. The van der Waals surface area contributed by atoms with E-state index in [1.54, 1.807) is 0 Å². The molecule has 9 aromatic rings. The second-order valence-corrected chi connectivity index (χ2v) is 20.4. The van der Waals surface area contributed by atoms with Crippen LogP contribution in [0.3, 0.4) is 0 Å². The minimum atomic E-state index is -0.802. The quantitative estimate of drug-likeness (QED) is 0.155. The number of nitrogens with zero attached hydrogens (tertiary/aromatic N) is 3. The fourth-order valence-electron chi connectivity index (χ4n) is 12.8. The van der Waals surface area contributed by atoms with E-state index in [2.05, 4.69) is 264 Å². The molecule has 3 aliphatic carbocycles. The monoisotopic (exact) mass is 1080 g/mol. The van der Waals surface area contributed by atoms with Crippen LogP contribution in [0, 0.1) is 18.8 Å². The largest absolute Gasteiger partial charge is 0.508 e. The molecule has 1 aliphatic heterocycles. The van der Waals surface area contributed by atoms with E-state index in [1.165, 1.54) is 83.7 Å². The van der Waals surface area contributed by atoms with Crippen molar-refractivity contribution in [3.63, 3.8) is 0 Å². The summed E-state index contributed by atoms with van der Waals surface area (Å²) in [5.41, 5.74) is 21.4. The molecule has 8 aromatic carbocycles. The number of benzene rings is 8. The molecule has 0 atom stereocenters. The van der Waals surface area contributed by atoms with Crippen molar-refractivity contribution in [2.24, 2.45) is 0 Å². The Morgan fingerprint density at radius 2 is 0.814 bits per heavy atom. The first kappa shape index (κ1) is 44.2. The SMILES string of the molecule is CC1=C(C)N(C2(c3[c-]c(C4(c5[c-]c(C6(c7cc(C(C)(C)C)ccn7)c7ccccc7-c7ccccc76)ccc5)c5ccccc5-c5ccccc54)ccc3)c3ccccc3-c3ccccc32)[CH-]N1C.[Pt]. The molecule has 13 rings (SSSR count). The van der Waals surface area contributed by atoms with Gasteiger partial charge in [0.25, 0.3) is 0 Å². The average molecular weight is 1080 g/mol. The fraction of sp³-hybridized carbons (Fsp3) is 0.152. The van der Waals surface area contributed by atoms with Crippen LogP contribution >= 0.6 is 0 Å². The van der Waals surface area contributed by atoms with E-state index in [0.29, 0.717) is 0 Å². The summed E-state index contributed by atoms with van der Waals surface area (Å²) in [7, 11) is 2.16. The second kappa shape index (κ2) is 16.0. The molecule has 0 radical (unpaired) electrons. The van der Waals surface area contributed by atoms with Crippen molar-refractivity contribution in [2.45, 2.75) is 56.4 Å². The van der Waals surface area contributed by atoms with Gasteiger partial charge in [0.2, 0.25) is 0 Å². The van der Waals surface area contributed by atoms with Crippen LogP contribution in [0.15, 0.2) is 212 Å². The van der Waals surface area contributed by atoms with Gasteiger partial charge in [0, 0.05) is 32.7 Å². The Kier molecular flexibility index (Phi) is 10.1. The van der Waals surface area contributed by atoms with Gasteiger partial charge in [-0.25, -0.2) is 0 Å². The molecular formula is C66H52N3Pt-3. The van der Waals surface area contributed by atoms with Crippen molar-refractivity contribution >= 4 is 0 Å². The van der Waals surface area contributed by atoms with Gasteiger partial charge in [0.1, 0.15) is 0 Å². The number of pyridine rings is 1. The number of aromatic nitrogens is 1. The van der Waals surface area contributed by atoms with Gasteiger partial charge in [-0.05, 0) is 122 Å². The van der Waals surface area contributed by atoms with Gasteiger partial charge in [0.05, 0.1) is 16.6 Å². The number of hydrogen-bond acceptors (Lipinski definition) is 3. The molecule has 0 N–H and O–H groups in total. The van der Waals surface area contributed by atoms with Crippen LogP contribution in [-0.2, 0) is 42.8 Å². The minimum Gasteiger partial charge on any atom is -0.508 e. The first-order chi connectivity index (χ1) is 33.6. The van der Waals surface area contributed by atoms with E-state index in [1.807, 2.05) is 6.20 Å². The standard InChI is InChI=1S/C66H52N3.Pt/c1-43-44(2)69(42-68(43)6)66(60-35-17-11-29-54(60)55-30-12-18-36-61(55)66)49-24-20-22-47(40-49)64(56-31-13-7-25-50(56)51-26-8-14-32-57(51)64)46-21-19-23-48(39-46)65(62-41-45(37-38-67-62)63(3,4)5)58-33-15-9-27-52(58)53-28-10-16-34-59(53)65;/h7-38,41-42H,1-6H3;/q-3;. The van der Waals surface area contributed by atoms with E-state index in [4.69, 9.17) is 4.98 Å². The van der Waals surface area contributed by atoms with Gasteiger partial charge >= 0.3 is 0 Å². The molecule has 1 aromatic heterocycles. The van der Waals surface area contributed by atoms with Gasteiger partial charge in [0.15, 0.2) is 0 Å². The molecule has 70 heavy (non-hydrogen) atoms. The Hall–Kier alpha value is -7.06. The first-order valence-electron chi connectivity index (χ1n) is 24.3. The van der Waals surface area contributed by atoms with Crippen LogP contribution in [0.4, 0.5) is 0 Å². The summed E-state index contributed by atoms with van der Waals surface area (Å²) in [4.78, 5) is 10.1. The number of fused-ring (bicyclic) bond motifs is 9. The van der Waals surface area contributed by atoms with Crippen LogP contribution in [0.25, 0.3) is 33.4 Å². The third-order valence-electron chi connectivity index (χ3n) is 16.1. The maximum Gasteiger partial charge on any atom is 0.0688 e. The molecule has 4 aliphatic rings. The maximum absolute atomic E-state index is 5.37. The summed E-state index contributed by atoms with van der Waals surface area (Å²) in [6, 6.07) is 81.0. The average Bonchev–Trinajstić information content (AvgIpc) is 4.06. The van der Waals surface area contributed by atoms with Crippen molar-refractivity contribution in [3.8, 4) is 33.4 Å². The Morgan fingerprint density at radius 3 is 1.24 bits per heavy atom. The molecule has 0 amide bonds. The summed E-state index contributed by atoms with van der Waals surface area (Å²) in [5.74, 6) is 0. The summed E-state index contributed by atoms with van der Waals surface area (Å²) in [6.07, 6.45) is 2.01. The zero-order valence-electron chi connectivity index (χ0n) is 40.3. The zero-order chi connectivity index (χ0) is 46.9. The first-order valence-corrected chi connectivity index (χ1v) is 24.3. The zero-order valence-corrected chi connectivity index (χ0v) is 42.6. The Morgan fingerprint density at radius 1 is 0.443 bits per heavy atom. The van der Waals surface area contributed by atoms with E-state index in [-0.39, 0.29) is 26.5 Å². The molecular weight excluding hydrogens is 1030 g/mol. The van der Waals surface area contributed by atoms with Crippen molar-refractivity contribution in [1.29, 1.82) is 0 Å². The molecule has 0 bridgehead atoms. The van der Waals surface area contributed by atoms with Crippen molar-refractivity contribution in [3.05, 3.63) is 297 Å². The molecule has 0 saturated carbocycles. The molecule has 0 unspecified atom stereocenters. The van der Waals surface area contributed by atoms with Crippen molar-refractivity contribution < 1.29 is 21.1 Å². The van der Waals surface area contributed by atoms with Gasteiger partial charge in [-0.2, -0.15) is 55.2 Å². The van der Waals surface area contributed by atoms with E-state index in [0.717, 1.165) is 27.9 Å².